The van der Waals surface area contributed by atoms with Gasteiger partial charge >= 0.3 is 0 Å². The van der Waals surface area contributed by atoms with Crippen molar-refractivity contribution in [1.82, 2.24) is 5.32 Å². The number of piperidine rings is 1. The summed E-state index contributed by atoms with van der Waals surface area (Å²) in [7, 11) is 0. The minimum Gasteiger partial charge on any atom is -0.312 e. The lowest BCUT2D eigenvalue weighted by atomic mass is 9.92. The Bertz CT molecular complexity index is 106. The van der Waals surface area contributed by atoms with Gasteiger partial charge in [-0.05, 0) is 33.2 Å². The van der Waals surface area contributed by atoms with Gasteiger partial charge in [0, 0.05) is 5.54 Å². The molecule has 0 radical (unpaired) electrons. The Labute approximate surface area is 67.8 Å². The van der Waals surface area contributed by atoms with Crippen LogP contribution in [-0.2, 0) is 0 Å². The average molecular weight is 168 g/mol. The second-order valence-electron chi connectivity index (χ2n) is 3.40. The molecular formula is C7H15ClFN. The molecule has 1 fully saturated rings. The van der Waals surface area contributed by atoms with Crippen molar-refractivity contribution in [1.29, 1.82) is 0 Å². The fourth-order valence-corrected chi connectivity index (χ4v) is 1.30. The van der Waals surface area contributed by atoms with Crippen molar-refractivity contribution in [3.8, 4) is 0 Å². The molecule has 0 saturated carbocycles. The van der Waals surface area contributed by atoms with Gasteiger partial charge in [0.2, 0.25) is 0 Å². The second kappa shape index (κ2) is 3.54. The minimum absolute atomic E-state index is 0. The van der Waals surface area contributed by atoms with E-state index in [1.807, 2.05) is 13.8 Å². The summed E-state index contributed by atoms with van der Waals surface area (Å²) in [4.78, 5) is 0. The quantitative estimate of drug-likeness (QED) is 0.581. The van der Waals surface area contributed by atoms with Crippen LogP contribution in [0.4, 0.5) is 4.39 Å². The number of halogens is 2. The third-order valence-corrected chi connectivity index (χ3v) is 1.79. The van der Waals surface area contributed by atoms with Gasteiger partial charge in [-0.3, -0.25) is 0 Å². The summed E-state index contributed by atoms with van der Waals surface area (Å²) in [6, 6.07) is 0. The highest BCUT2D eigenvalue weighted by Crippen LogP contribution is 2.20. The van der Waals surface area contributed by atoms with Crippen LogP contribution in [0.2, 0.25) is 0 Å². The van der Waals surface area contributed by atoms with E-state index in [0.717, 1.165) is 6.54 Å². The number of rotatable bonds is 0. The second-order valence-corrected chi connectivity index (χ2v) is 3.40. The van der Waals surface area contributed by atoms with Crippen molar-refractivity contribution in [2.24, 2.45) is 0 Å². The molecule has 1 aliphatic heterocycles. The average Bonchev–Trinajstić information content (AvgIpc) is 1.60. The van der Waals surface area contributed by atoms with Crippen LogP contribution < -0.4 is 5.32 Å². The molecule has 0 amide bonds. The van der Waals surface area contributed by atoms with Crippen LogP contribution in [0.15, 0.2) is 0 Å². The molecule has 0 spiro atoms. The van der Waals surface area contributed by atoms with Crippen molar-refractivity contribution in [2.75, 3.05) is 6.54 Å². The molecule has 1 N–H and O–H groups in total. The Morgan fingerprint density at radius 3 is 2.40 bits per heavy atom. The van der Waals surface area contributed by atoms with Gasteiger partial charge in [-0.2, -0.15) is 0 Å². The van der Waals surface area contributed by atoms with Crippen LogP contribution >= 0.6 is 12.4 Å². The molecule has 1 heterocycles. The maximum Gasteiger partial charge on any atom is 0.103 e. The zero-order chi connectivity index (χ0) is 6.91. The Morgan fingerprint density at radius 2 is 2.10 bits per heavy atom. The monoisotopic (exact) mass is 167 g/mol. The molecule has 1 atom stereocenters. The van der Waals surface area contributed by atoms with E-state index in [4.69, 9.17) is 0 Å². The summed E-state index contributed by atoms with van der Waals surface area (Å²) in [6.45, 7) is 4.91. The molecule has 62 valence electrons. The number of nitrogens with one attached hydrogen (secondary N) is 1. The molecular weight excluding hydrogens is 153 g/mol. The van der Waals surface area contributed by atoms with Crippen molar-refractivity contribution in [2.45, 2.75) is 38.4 Å². The third-order valence-electron chi connectivity index (χ3n) is 1.79. The molecule has 1 aliphatic rings. The lowest BCUT2D eigenvalue weighted by Gasteiger charge is -2.32. The van der Waals surface area contributed by atoms with Crippen molar-refractivity contribution >= 4 is 12.4 Å². The molecule has 0 bridgehead atoms. The van der Waals surface area contributed by atoms with Crippen LogP contribution in [0.3, 0.4) is 0 Å². The Morgan fingerprint density at radius 1 is 1.50 bits per heavy atom. The zero-order valence-electron chi connectivity index (χ0n) is 6.48. The highest BCUT2D eigenvalue weighted by atomic mass is 35.5. The molecule has 1 saturated heterocycles. The summed E-state index contributed by atoms with van der Waals surface area (Å²) in [5.41, 5.74) is 0.0255. The highest BCUT2D eigenvalue weighted by Gasteiger charge is 2.26. The molecule has 0 aromatic rings. The molecule has 1 rings (SSSR count). The summed E-state index contributed by atoms with van der Waals surface area (Å²) >= 11 is 0. The standard InChI is InChI=1S/C7H14FN.ClH/c1-7(2)5-6(8)3-4-9-7;/h6,9H,3-5H2,1-2H3;1H. The SMILES string of the molecule is CC1(C)CC(F)CCN1.Cl. The lowest BCUT2D eigenvalue weighted by molar-refractivity contribution is 0.177. The van der Waals surface area contributed by atoms with Gasteiger partial charge in [0.25, 0.3) is 0 Å². The van der Waals surface area contributed by atoms with Gasteiger partial charge in [0.1, 0.15) is 6.17 Å². The summed E-state index contributed by atoms with van der Waals surface area (Å²) < 4.78 is 12.6. The Balaban J connectivity index is 0.000000810. The molecule has 0 aromatic heterocycles. The van der Waals surface area contributed by atoms with E-state index < -0.39 is 6.17 Å². The Hall–Kier alpha value is 0.180. The van der Waals surface area contributed by atoms with E-state index in [1.54, 1.807) is 0 Å². The first kappa shape index (κ1) is 10.2. The molecule has 0 aromatic carbocycles. The predicted octanol–water partition coefficient (Wildman–Crippen LogP) is 1.91. The largest absolute Gasteiger partial charge is 0.312 e. The van der Waals surface area contributed by atoms with Crippen LogP contribution in [-0.4, -0.2) is 18.3 Å². The summed E-state index contributed by atoms with van der Waals surface area (Å²) in [5.74, 6) is 0. The van der Waals surface area contributed by atoms with Crippen LogP contribution in [0.1, 0.15) is 26.7 Å². The lowest BCUT2D eigenvalue weighted by Crippen LogP contribution is -2.46. The smallest absolute Gasteiger partial charge is 0.103 e. The van der Waals surface area contributed by atoms with Gasteiger partial charge in [-0.15, -0.1) is 12.4 Å². The third kappa shape index (κ3) is 2.84. The summed E-state index contributed by atoms with van der Waals surface area (Å²) in [6.07, 6.45) is 0.762. The topological polar surface area (TPSA) is 12.0 Å². The van der Waals surface area contributed by atoms with E-state index in [0.29, 0.717) is 12.8 Å². The van der Waals surface area contributed by atoms with E-state index in [-0.39, 0.29) is 17.9 Å². The first-order chi connectivity index (χ1) is 4.10. The molecule has 3 heteroatoms. The zero-order valence-corrected chi connectivity index (χ0v) is 7.30. The molecule has 10 heavy (non-hydrogen) atoms. The number of alkyl halides is 1. The van der Waals surface area contributed by atoms with E-state index in [1.165, 1.54) is 0 Å². The van der Waals surface area contributed by atoms with E-state index >= 15 is 0 Å². The minimum atomic E-state index is -0.582. The maximum absolute atomic E-state index is 12.6. The van der Waals surface area contributed by atoms with Gasteiger partial charge < -0.3 is 5.32 Å². The highest BCUT2D eigenvalue weighted by molar-refractivity contribution is 5.85. The van der Waals surface area contributed by atoms with Crippen LogP contribution in [0, 0.1) is 0 Å². The number of hydrogen-bond acceptors (Lipinski definition) is 1. The van der Waals surface area contributed by atoms with Crippen molar-refractivity contribution in [3.05, 3.63) is 0 Å². The van der Waals surface area contributed by atoms with Gasteiger partial charge in [0.15, 0.2) is 0 Å². The van der Waals surface area contributed by atoms with Crippen LogP contribution in [0.25, 0.3) is 0 Å². The molecule has 0 aliphatic carbocycles. The first-order valence-electron chi connectivity index (χ1n) is 3.49. The number of hydrogen-bond donors (Lipinski definition) is 1. The van der Waals surface area contributed by atoms with Gasteiger partial charge in [-0.25, -0.2) is 4.39 Å². The molecule has 1 unspecified atom stereocenters. The van der Waals surface area contributed by atoms with Crippen LogP contribution in [0.5, 0.6) is 0 Å². The van der Waals surface area contributed by atoms with Gasteiger partial charge in [0.05, 0.1) is 0 Å². The first-order valence-corrected chi connectivity index (χ1v) is 3.49. The van der Waals surface area contributed by atoms with Crippen molar-refractivity contribution in [3.63, 3.8) is 0 Å². The predicted molar refractivity (Wildman–Crippen MR) is 43.5 cm³/mol. The Kier molecular flexibility index (Phi) is 3.60. The maximum atomic E-state index is 12.6. The van der Waals surface area contributed by atoms with Crippen molar-refractivity contribution < 1.29 is 4.39 Å². The van der Waals surface area contributed by atoms with E-state index in [9.17, 15) is 4.39 Å². The fourth-order valence-electron chi connectivity index (χ4n) is 1.30. The normalized spacial score (nSPS) is 30.9. The van der Waals surface area contributed by atoms with Gasteiger partial charge in [-0.1, -0.05) is 0 Å². The summed E-state index contributed by atoms with van der Waals surface area (Å²) in [5, 5.41) is 3.25. The van der Waals surface area contributed by atoms with E-state index in [2.05, 4.69) is 5.32 Å². The fraction of sp³-hybridized carbons (Fsp3) is 1.00. The molecule has 1 nitrogen and oxygen atoms in total.